The summed E-state index contributed by atoms with van der Waals surface area (Å²) in [6.07, 6.45) is 10.1. The Hall–Kier alpha value is -3.85. The molecule has 5 rings (SSSR count). The van der Waals surface area contributed by atoms with Crippen molar-refractivity contribution >= 4 is 11.7 Å². The summed E-state index contributed by atoms with van der Waals surface area (Å²) >= 11 is 0. The lowest BCUT2D eigenvalue weighted by Gasteiger charge is -2.12. The third-order valence-corrected chi connectivity index (χ3v) is 6.57. The molecule has 3 aromatic heterocycles. The van der Waals surface area contributed by atoms with E-state index in [0.29, 0.717) is 23.2 Å². The van der Waals surface area contributed by atoms with Crippen LogP contribution in [0.5, 0.6) is 0 Å². The third kappa shape index (κ3) is 5.77. The van der Waals surface area contributed by atoms with Crippen molar-refractivity contribution in [3.05, 3.63) is 71.4 Å². The first-order chi connectivity index (χ1) is 17.8. The Morgan fingerprint density at radius 3 is 2.81 bits per heavy atom. The SMILES string of the molecule is Cc1ccc(C(=O)Nc2cc(C(C)(C)C)on2)cc1-n1cc(-c2cncc(CCC3CCCO3)c2)nn1. The number of nitrogens with one attached hydrogen (secondary N) is 1. The van der Waals surface area contributed by atoms with Crippen molar-refractivity contribution in [1.82, 2.24) is 25.1 Å². The highest BCUT2D eigenvalue weighted by atomic mass is 16.5. The monoisotopic (exact) mass is 500 g/mol. The van der Waals surface area contributed by atoms with Crippen LogP contribution < -0.4 is 5.32 Å². The Balaban J connectivity index is 1.31. The maximum Gasteiger partial charge on any atom is 0.256 e. The van der Waals surface area contributed by atoms with E-state index < -0.39 is 0 Å². The molecule has 1 saturated heterocycles. The summed E-state index contributed by atoms with van der Waals surface area (Å²) in [5.41, 5.74) is 4.80. The van der Waals surface area contributed by atoms with E-state index in [1.807, 2.05) is 46.2 Å². The van der Waals surface area contributed by atoms with Gasteiger partial charge < -0.3 is 14.6 Å². The van der Waals surface area contributed by atoms with E-state index >= 15 is 0 Å². The molecule has 1 fully saturated rings. The molecule has 1 amide bonds. The van der Waals surface area contributed by atoms with E-state index in [1.54, 1.807) is 29.1 Å². The van der Waals surface area contributed by atoms with Crippen molar-refractivity contribution in [2.75, 3.05) is 11.9 Å². The molecule has 1 aliphatic heterocycles. The molecule has 1 aromatic carbocycles. The molecule has 1 unspecified atom stereocenters. The average Bonchev–Trinajstić information content (AvgIpc) is 3.65. The summed E-state index contributed by atoms with van der Waals surface area (Å²) in [6.45, 7) is 8.91. The second kappa shape index (κ2) is 10.3. The lowest BCUT2D eigenvalue weighted by Crippen LogP contribution is -2.13. The lowest BCUT2D eigenvalue weighted by atomic mass is 9.93. The number of hydrogen-bond donors (Lipinski definition) is 1. The number of aryl methyl sites for hydroxylation is 2. The highest BCUT2D eigenvalue weighted by Crippen LogP contribution is 2.26. The molecule has 1 aliphatic rings. The van der Waals surface area contributed by atoms with Gasteiger partial charge in [-0.25, -0.2) is 4.68 Å². The van der Waals surface area contributed by atoms with Crippen LogP contribution in [0.2, 0.25) is 0 Å². The maximum atomic E-state index is 12.9. The number of nitrogens with zero attached hydrogens (tertiary/aromatic N) is 5. The quantitative estimate of drug-likeness (QED) is 0.367. The fraction of sp³-hybridized carbons (Fsp3) is 0.393. The molecule has 9 heteroatoms. The minimum absolute atomic E-state index is 0.197. The molecule has 1 N–H and O–H groups in total. The lowest BCUT2D eigenvalue weighted by molar-refractivity contribution is 0.102. The Morgan fingerprint density at radius 2 is 2.05 bits per heavy atom. The van der Waals surface area contributed by atoms with Crippen molar-refractivity contribution in [3.63, 3.8) is 0 Å². The van der Waals surface area contributed by atoms with Gasteiger partial charge in [0.05, 0.1) is 18.0 Å². The van der Waals surface area contributed by atoms with Gasteiger partial charge in [-0.1, -0.05) is 37.2 Å². The van der Waals surface area contributed by atoms with E-state index in [9.17, 15) is 4.79 Å². The van der Waals surface area contributed by atoms with Gasteiger partial charge in [0.2, 0.25) is 0 Å². The number of pyridine rings is 1. The fourth-order valence-electron chi connectivity index (χ4n) is 4.35. The Labute approximate surface area is 216 Å². The number of anilines is 1. The van der Waals surface area contributed by atoms with Crippen molar-refractivity contribution in [2.24, 2.45) is 0 Å². The first-order valence-corrected chi connectivity index (χ1v) is 12.6. The molecule has 192 valence electrons. The molecule has 0 spiro atoms. The zero-order valence-electron chi connectivity index (χ0n) is 21.7. The van der Waals surface area contributed by atoms with Crippen LogP contribution in [-0.2, 0) is 16.6 Å². The molecule has 4 aromatic rings. The van der Waals surface area contributed by atoms with E-state index in [1.165, 1.54) is 0 Å². The molecular weight excluding hydrogens is 468 g/mol. The van der Waals surface area contributed by atoms with Crippen molar-refractivity contribution in [2.45, 2.75) is 64.9 Å². The summed E-state index contributed by atoms with van der Waals surface area (Å²) in [5.74, 6) is 0.804. The number of aromatic nitrogens is 5. The molecule has 4 heterocycles. The molecule has 0 radical (unpaired) electrons. The summed E-state index contributed by atoms with van der Waals surface area (Å²) < 4.78 is 12.8. The number of ether oxygens (including phenoxy) is 1. The highest BCUT2D eigenvalue weighted by molar-refractivity contribution is 6.04. The zero-order valence-corrected chi connectivity index (χ0v) is 21.7. The van der Waals surface area contributed by atoms with Crippen LogP contribution >= 0.6 is 0 Å². The predicted octanol–water partition coefficient (Wildman–Crippen LogP) is 5.29. The van der Waals surface area contributed by atoms with Gasteiger partial charge in [0.15, 0.2) is 5.82 Å². The predicted molar refractivity (Wildman–Crippen MR) is 140 cm³/mol. The molecule has 9 nitrogen and oxygen atoms in total. The van der Waals surface area contributed by atoms with Gasteiger partial charge in [-0.2, -0.15) is 0 Å². The fourth-order valence-corrected chi connectivity index (χ4v) is 4.35. The number of rotatable bonds is 7. The van der Waals surface area contributed by atoms with Gasteiger partial charge in [-0.3, -0.25) is 9.78 Å². The van der Waals surface area contributed by atoms with Gasteiger partial charge in [0.25, 0.3) is 5.91 Å². The van der Waals surface area contributed by atoms with Gasteiger partial charge in [0.1, 0.15) is 11.5 Å². The number of benzene rings is 1. The van der Waals surface area contributed by atoms with Crippen LogP contribution in [0.3, 0.4) is 0 Å². The minimum Gasteiger partial charge on any atom is -0.378 e. The summed E-state index contributed by atoms with van der Waals surface area (Å²) in [6, 6.07) is 9.32. The molecular formula is C28H32N6O3. The Bertz CT molecular complexity index is 1390. The average molecular weight is 501 g/mol. The normalized spacial score (nSPS) is 15.7. The van der Waals surface area contributed by atoms with E-state index in [4.69, 9.17) is 9.26 Å². The molecule has 1 atom stereocenters. The van der Waals surface area contributed by atoms with Crippen LogP contribution in [0, 0.1) is 6.92 Å². The maximum absolute atomic E-state index is 12.9. The molecule has 0 saturated carbocycles. The van der Waals surface area contributed by atoms with E-state index in [-0.39, 0.29) is 11.3 Å². The number of carbonyl (C=O) groups excluding carboxylic acids is 1. The van der Waals surface area contributed by atoms with Gasteiger partial charge >= 0.3 is 0 Å². The zero-order chi connectivity index (χ0) is 26.0. The van der Waals surface area contributed by atoms with Gasteiger partial charge in [-0.05, 0) is 61.9 Å². The summed E-state index contributed by atoms with van der Waals surface area (Å²) in [7, 11) is 0. The van der Waals surface area contributed by atoms with Crippen LogP contribution in [0.4, 0.5) is 5.82 Å². The molecule has 0 bridgehead atoms. The van der Waals surface area contributed by atoms with E-state index in [2.05, 4.69) is 31.8 Å². The second-order valence-corrected chi connectivity index (χ2v) is 10.6. The topological polar surface area (TPSA) is 108 Å². The van der Waals surface area contributed by atoms with Crippen LogP contribution in [-0.4, -0.2) is 43.8 Å². The second-order valence-electron chi connectivity index (χ2n) is 10.6. The van der Waals surface area contributed by atoms with E-state index in [0.717, 1.165) is 60.4 Å². The van der Waals surface area contributed by atoms with Crippen molar-refractivity contribution in [3.8, 4) is 16.9 Å². The smallest absolute Gasteiger partial charge is 0.256 e. The molecule has 0 aliphatic carbocycles. The van der Waals surface area contributed by atoms with Crippen LogP contribution in [0.1, 0.15) is 67.3 Å². The van der Waals surface area contributed by atoms with Crippen molar-refractivity contribution < 1.29 is 14.1 Å². The van der Waals surface area contributed by atoms with Gasteiger partial charge in [0, 0.05) is 41.6 Å². The van der Waals surface area contributed by atoms with Gasteiger partial charge in [-0.15, -0.1) is 5.10 Å². The number of carbonyl (C=O) groups is 1. The number of hydrogen-bond acceptors (Lipinski definition) is 7. The van der Waals surface area contributed by atoms with Crippen LogP contribution in [0.25, 0.3) is 16.9 Å². The van der Waals surface area contributed by atoms with Crippen LogP contribution in [0.15, 0.2) is 53.4 Å². The molecule has 37 heavy (non-hydrogen) atoms. The summed E-state index contributed by atoms with van der Waals surface area (Å²) in [5, 5.41) is 15.5. The Morgan fingerprint density at radius 1 is 1.19 bits per heavy atom. The number of amides is 1. The van der Waals surface area contributed by atoms with Crippen molar-refractivity contribution in [1.29, 1.82) is 0 Å². The Kier molecular flexibility index (Phi) is 6.88. The first kappa shape index (κ1) is 24.8. The first-order valence-electron chi connectivity index (χ1n) is 12.6. The minimum atomic E-state index is -0.279. The highest BCUT2D eigenvalue weighted by Gasteiger charge is 2.21. The standard InChI is InChI=1S/C28H32N6O3/c1-18-7-9-20(27(35)30-26-14-25(37-32-26)28(2,3)4)13-24(18)34-17-23(31-33-34)21-12-19(15-29-16-21)8-10-22-6-5-11-36-22/h7,9,12-17,22H,5-6,8,10-11H2,1-4H3,(H,30,32,35). The third-order valence-electron chi connectivity index (χ3n) is 6.57. The summed E-state index contributed by atoms with van der Waals surface area (Å²) in [4.78, 5) is 17.3. The largest absolute Gasteiger partial charge is 0.378 e.